The minimum atomic E-state index is -0.546. The van der Waals surface area contributed by atoms with Crippen LogP contribution in [0.3, 0.4) is 0 Å². The lowest BCUT2D eigenvalue weighted by molar-refractivity contribution is -0.149. The van der Waals surface area contributed by atoms with Crippen LogP contribution in [0.25, 0.3) is 0 Å². The maximum Gasteiger partial charge on any atom is 0.251 e. The summed E-state index contributed by atoms with van der Waals surface area (Å²) >= 11 is 0. The first-order valence-corrected chi connectivity index (χ1v) is 12.5. The van der Waals surface area contributed by atoms with E-state index in [1.807, 2.05) is 11.8 Å². The highest BCUT2D eigenvalue weighted by Gasteiger charge is 2.54. The van der Waals surface area contributed by atoms with Crippen molar-refractivity contribution in [2.24, 2.45) is 29.1 Å². The Labute approximate surface area is 197 Å². The number of nitrogens with zero attached hydrogens (tertiary/aromatic N) is 2. The fraction of sp³-hybridized carbons (Fsp3) is 0.667. The third kappa shape index (κ3) is 4.53. The van der Waals surface area contributed by atoms with Gasteiger partial charge in [-0.3, -0.25) is 9.59 Å². The summed E-state index contributed by atoms with van der Waals surface area (Å²) in [6, 6.07) is 8.73. The second kappa shape index (κ2) is 9.46. The van der Waals surface area contributed by atoms with Crippen molar-refractivity contribution in [3.05, 3.63) is 35.4 Å². The quantitative estimate of drug-likeness (QED) is 0.729. The first-order chi connectivity index (χ1) is 15.7. The zero-order valence-electron chi connectivity index (χ0n) is 20.1. The van der Waals surface area contributed by atoms with E-state index in [0.29, 0.717) is 11.1 Å². The van der Waals surface area contributed by atoms with Crippen LogP contribution in [0.4, 0.5) is 0 Å². The molecule has 4 rings (SSSR count). The summed E-state index contributed by atoms with van der Waals surface area (Å²) in [5.74, 6) is -0.00760. The highest BCUT2D eigenvalue weighted by atomic mass is 16.3. The van der Waals surface area contributed by atoms with Crippen LogP contribution in [0.1, 0.15) is 75.2 Å². The molecule has 1 aliphatic heterocycles. The van der Waals surface area contributed by atoms with Gasteiger partial charge >= 0.3 is 0 Å². The minimum absolute atomic E-state index is 0.0239. The second-order valence-electron chi connectivity index (χ2n) is 10.9. The van der Waals surface area contributed by atoms with Crippen LogP contribution in [0, 0.1) is 40.4 Å². The maximum atomic E-state index is 13.1. The molecule has 0 radical (unpaired) electrons. The molecule has 1 saturated heterocycles. The molecular formula is C27H37N3O3. The van der Waals surface area contributed by atoms with Gasteiger partial charge in [-0.15, -0.1) is 0 Å². The topological polar surface area (TPSA) is 93.4 Å². The molecule has 3 fully saturated rings. The fourth-order valence-electron chi connectivity index (χ4n) is 6.85. The number of aliphatic hydroxyl groups excluding tert-OH is 1. The van der Waals surface area contributed by atoms with Gasteiger partial charge in [0, 0.05) is 30.6 Å². The third-order valence-corrected chi connectivity index (χ3v) is 8.93. The van der Waals surface area contributed by atoms with Crippen LogP contribution in [-0.2, 0) is 4.79 Å². The summed E-state index contributed by atoms with van der Waals surface area (Å²) in [6.07, 6.45) is 5.33. The van der Waals surface area contributed by atoms with Gasteiger partial charge in [0.25, 0.3) is 5.91 Å². The summed E-state index contributed by atoms with van der Waals surface area (Å²) in [5.41, 5.74) is 1.10. The van der Waals surface area contributed by atoms with Crippen molar-refractivity contribution in [2.45, 2.75) is 71.4 Å². The van der Waals surface area contributed by atoms with Gasteiger partial charge < -0.3 is 15.3 Å². The molecule has 0 aromatic heterocycles. The molecule has 6 nitrogen and oxygen atoms in total. The SMILES string of the molecule is CC(C(=O)N1CCCC1)C1CCC2(C)CCC(NC(=O)c3ccc(C#N)cc3)C(C)C2C1O. The highest BCUT2D eigenvalue weighted by Crippen LogP contribution is 2.55. The Bertz CT molecular complexity index is 918. The van der Waals surface area contributed by atoms with Crippen molar-refractivity contribution in [3.63, 3.8) is 0 Å². The van der Waals surface area contributed by atoms with E-state index in [9.17, 15) is 14.7 Å². The van der Waals surface area contributed by atoms with Gasteiger partial charge in [-0.2, -0.15) is 5.26 Å². The van der Waals surface area contributed by atoms with Crippen molar-refractivity contribution < 1.29 is 14.7 Å². The number of amides is 2. The highest BCUT2D eigenvalue weighted by molar-refractivity contribution is 5.94. The van der Waals surface area contributed by atoms with E-state index in [-0.39, 0.29) is 46.9 Å². The van der Waals surface area contributed by atoms with Crippen LogP contribution in [0.15, 0.2) is 24.3 Å². The molecule has 1 heterocycles. The van der Waals surface area contributed by atoms with E-state index < -0.39 is 6.10 Å². The summed E-state index contributed by atoms with van der Waals surface area (Å²) in [5, 5.41) is 23.8. The minimum Gasteiger partial charge on any atom is -0.392 e. The van der Waals surface area contributed by atoms with E-state index in [2.05, 4.69) is 25.2 Å². The summed E-state index contributed by atoms with van der Waals surface area (Å²) in [4.78, 5) is 27.9. The Kier molecular flexibility index (Phi) is 6.81. The third-order valence-electron chi connectivity index (χ3n) is 8.93. The molecule has 1 aromatic carbocycles. The summed E-state index contributed by atoms with van der Waals surface area (Å²) in [6.45, 7) is 8.10. The lowest BCUT2D eigenvalue weighted by Crippen LogP contribution is -2.58. The van der Waals surface area contributed by atoms with E-state index >= 15 is 0 Å². The molecule has 0 bridgehead atoms. The molecule has 2 amide bonds. The summed E-state index contributed by atoms with van der Waals surface area (Å²) < 4.78 is 0. The van der Waals surface area contributed by atoms with Crippen molar-refractivity contribution in [3.8, 4) is 6.07 Å². The van der Waals surface area contributed by atoms with E-state index in [1.165, 1.54) is 0 Å². The molecule has 3 aliphatic rings. The first-order valence-electron chi connectivity index (χ1n) is 12.5. The molecule has 1 aromatic rings. The van der Waals surface area contributed by atoms with E-state index in [4.69, 9.17) is 5.26 Å². The number of hydrogen-bond donors (Lipinski definition) is 2. The Morgan fingerprint density at radius 2 is 1.82 bits per heavy atom. The number of hydrogen-bond acceptors (Lipinski definition) is 4. The molecule has 2 saturated carbocycles. The zero-order chi connectivity index (χ0) is 23.8. The van der Waals surface area contributed by atoms with Crippen LogP contribution in [-0.4, -0.2) is 47.1 Å². The first kappa shape index (κ1) is 23.8. The smallest absolute Gasteiger partial charge is 0.251 e. The van der Waals surface area contributed by atoms with Crippen molar-refractivity contribution >= 4 is 11.8 Å². The van der Waals surface area contributed by atoms with Crippen LogP contribution in [0.5, 0.6) is 0 Å². The van der Waals surface area contributed by atoms with Crippen LogP contribution >= 0.6 is 0 Å². The second-order valence-corrected chi connectivity index (χ2v) is 10.9. The average molecular weight is 452 g/mol. The molecule has 7 atom stereocenters. The predicted molar refractivity (Wildman–Crippen MR) is 126 cm³/mol. The van der Waals surface area contributed by atoms with Crippen molar-refractivity contribution in [2.75, 3.05) is 13.1 Å². The number of carbonyl (C=O) groups is 2. The standard InChI is InChI=1S/C27H37N3O3/c1-17(26(33)30-14-4-5-15-30)21-10-12-27(3)13-11-22(18(2)23(27)24(21)31)29-25(32)20-8-6-19(16-28)7-9-20/h6-9,17-18,21-24,31H,4-5,10-15H2,1-3H3,(H,29,32). The normalized spacial score (nSPS) is 34.8. The van der Waals surface area contributed by atoms with E-state index in [1.54, 1.807) is 24.3 Å². The predicted octanol–water partition coefficient (Wildman–Crippen LogP) is 3.74. The number of fused-ring (bicyclic) bond motifs is 1. The van der Waals surface area contributed by atoms with Gasteiger partial charge in [0.2, 0.25) is 5.91 Å². The number of nitrogens with one attached hydrogen (secondary N) is 1. The molecular weight excluding hydrogens is 414 g/mol. The van der Waals surface area contributed by atoms with Crippen LogP contribution < -0.4 is 5.32 Å². The molecule has 178 valence electrons. The Balaban J connectivity index is 1.47. The van der Waals surface area contributed by atoms with Gasteiger partial charge in [-0.05, 0) is 86.0 Å². The van der Waals surface area contributed by atoms with Crippen LogP contribution in [0.2, 0.25) is 0 Å². The lowest BCUT2D eigenvalue weighted by Gasteiger charge is -2.56. The molecule has 7 unspecified atom stereocenters. The number of aliphatic hydroxyl groups is 1. The summed E-state index contributed by atoms with van der Waals surface area (Å²) in [7, 11) is 0. The Hall–Kier alpha value is -2.39. The Morgan fingerprint density at radius 1 is 1.18 bits per heavy atom. The zero-order valence-corrected chi connectivity index (χ0v) is 20.1. The molecule has 2 N–H and O–H groups in total. The molecule has 33 heavy (non-hydrogen) atoms. The van der Waals surface area contributed by atoms with Gasteiger partial charge in [0.15, 0.2) is 0 Å². The molecule has 6 heteroatoms. The Morgan fingerprint density at radius 3 is 2.45 bits per heavy atom. The van der Waals surface area contributed by atoms with Gasteiger partial charge in [0.1, 0.15) is 0 Å². The fourth-order valence-corrected chi connectivity index (χ4v) is 6.85. The average Bonchev–Trinajstić information content (AvgIpc) is 3.35. The van der Waals surface area contributed by atoms with Gasteiger partial charge in [-0.25, -0.2) is 0 Å². The van der Waals surface area contributed by atoms with Gasteiger partial charge in [-0.1, -0.05) is 20.8 Å². The van der Waals surface area contributed by atoms with E-state index in [0.717, 1.165) is 51.6 Å². The molecule has 0 spiro atoms. The maximum absolute atomic E-state index is 13.1. The monoisotopic (exact) mass is 451 g/mol. The lowest BCUT2D eigenvalue weighted by atomic mass is 9.51. The van der Waals surface area contributed by atoms with Gasteiger partial charge in [0.05, 0.1) is 17.7 Å². The number of carbonyl (C=O) groups excluding carboxylic acids is 2. The van der Waals surface area contributed by atoms with Crippen molar-refractivity contribution in [1.29, 1.82) is 5.26 Å². The largest absolute Gasteiger partial charge is 0.392 e. The number of benzene rings is 1. The number of nitriles is 1. The molecule has 2 aliphatic carbocycles. The number of likely N-dealkylation sites (tertiary alicyclic amines) is 1. The van der Waals surface area contributed by atoms with Crippen molar-refractivity contribution in [1.82, 2.24) is 10.2 Å². The number of rotatable bonds is 4.